The first kappa shape index (κ1) is 15.3. The standard InChI is InChI=1S/C13H23N5OS/c1-9-5-4-6-10(2)18(9)12(19)8-20-13-16-15-11(7-14)17(13)3/h9-10H,4-8,14H2,1-3H3. The first-order valence-corrected chi connectivity index (χ1v) is 8.05. The number of hydrogen-bond acceptors (Lipinski definition) is 5. The number of aromatic nitrogens is 3. The van der Waals surface area contributed by atoms with Gasteiger partial charge in [-0.05, 0) is 33.1 Å². The molecule has 0 spiro atoms. The van der Waals surface area contributed by atoms with Crippen molar-refractivity contribution in [3.63, 3.8) is 0 Å². The molecule has 2 rings (SSSR count). The number of hydrogen-bond donors (Lipinski definition) is 1. The van der Waals surface area contributed by atoms with Crippen LogP contribution in [0.3, 0.4) is 0 Å². The lowest BCUT2D eigenvalue weighted by Crippen LogP contribution is -2.48. The summed E-state index contributed by atoms with van der Waals surface area (Å²) in [6.45, 7) is 4.62. The van der Waals surface area contributed by atoms with Crippen molar-refractivity contribution < 1.29 is 4.79 Å². The Kier molecular flexibility index (Phi) is 5.04. The van der Waals surface area contributed by atoms with Crippen LogP contribution in [0.15, 0.2) is 5.16 Å². The van der Waals surface area contributed by atoms with Gasteiger partial charge in [-0.1, -0.05) is 11.8 Å². The van der Waals surface area contributed by atoms with E-state index in [1.807, 2.05) is 16.5 Å². The average Bonchev–Trinajstić information content (AvgIpc) is 2.76. The van der Waals surface area contributed by atoms with Crippen molar-refractivity contribution in [3.05, 3.63) is 5.82 Å². The van der Waals surface area contributed by atoms with Crippen LogP contribution < -0.4 is 5.73 Å². The Morgan fingerprint density at radius 2 is 2.00 bits per heavy atom. The second-order valence-electron chi connectivity index (χ2n) is 5.38. The summed E-state index contributed by atoms with van der Waals surface area (Å²) in [4.78, 5) is 14.4. The van der Waals surface area contributed by atoms with E-state index >= 15 is 0 Å². The van der Waals surface area contributed by atoms with Crippen molar-refractivity contribution in [2.24, 2.45) is 12.8 Å². The van der Waals surface area contributed by atoms with Gasteiger partial charge in [0.15, 0.2) is 5.16 Å². The zero-order valence-corrected chi connectivity index (χ0v) is 13.2. The first-order valence-electron chi connectivity index (χ1n) is 7.07. The van der Waals surface area contributed by atoms with Gasteiger partial charge >= 0.3 is 0 Å². The Morgan fingerprint density at radius 1 is 1.35 bits per heavy atom. The molecule has 2 atom stereocenters. The van der Waals surface area contributed by atoms with E-state index in [0.717, 1.165) is 23.8 Å². The lowest BCUT2D eigenvalue weighted by Gasteiger charge is -2.39. The Bertz CT molecular complexity index is 465. The third kappa shape index (κ3) is 3.15. The highest BCUT2D eigenvalue weighted by molar-refractivity contribution is 7.99. The lowest BCUT2D eigenvalue weighted by molar-refractivity contribution is -0.134. The van der Waals surface area contributed by atoms with Crippen LogP contribution in [0.4, 0.5) is 0 Å². The highest BCUT2D eigenvalue weighted by Gasteiger charge is 2.28. The van der Waals surface area contributed by atoms with Gasteiger partial charge in [0.05, 0.1) is 12.3 Å². The van der Waals surface area contributed by atoms with Crippen molar-refractivity contribution >= 4 is 17.7 Å². The maximum absolute atomic E-state index is 12.4. The summed E-state index contributed by atoms with van der Waals surface area (Å²) in [7, 11) is 1.88. The van der Waals surface area contributed by atoms with Crippen LogP contribution in [0, 0.1) is 0 Å². The van der Waals surface area contributed by atoms with Gasteiger partial charge in [0, 0.05) is 19.1 Å². The third-order valence-electron chi connectivity index (χ3n) is 3.91. The molecule has 0 saturated carbocycles. The number of nitrogens with zero attached hydrogens (tertiary/aromatic N) is 4. The van der Waals surface area contributed by atoms with Crippen molar-refractivity contribution in [2.45, 2.75) is 56.9 Å². The highest BCUT2D eigenvalue weighted by Crippen LogP contribution is 2.24. The molecule has 1 aliphatic rings. The smallest absolute Gasteiger partial charge is 0.233 e. The van der Waals surface area contributed by atoms with Crippen LogP contribution >= 0.6 is 11.8 Å². The largest absolute Gasteiger partial charge is 0.337 e. The Balaban J connectivity index is 1.95. The third-order valence-corrected chi connectivity index (χ3v) is 4.92. The van der Waals surface area contributed by atoms with E-state index in [1.54, 1.807) is 0 Å². The van der Waals surface area contributed by atoms with Gasteiger partial charge in [-0.25, -0.2) is 0 Å². The van der Waals surface area contributed by atoms with Gasteiger partial charge in [0.1, 0.15) is 5.82 Å². The van der Waals surface area contributed by atoms with Gasteiger partial charge in [-0.3, -0.25) is 4.79 Å². The van der Waals surface area contributed by atoms with Crippen molar-refractivity contribution in [1.29, 1.82) is 0 Å². The molecule has 6 nitrogen and oxygen atoms in total. The van der Waals surface area contributed by atoms with E-state index in [0.29, 0.717) is 24.4 Å². The monoisotopic (exact) mass is 297 g/mol. The van der Waals surface area contributed by atoms with Gasteiger partial charge in [-0.2, -0.15) is 0 Å². The minimum Gasteiger partial charge on any atom is -0.337 e. The first-order chi connectivity index (χ1) is 9.54. The summed E-state index contributed by atoms with van der Waals surface area (Å²) in [6, 6.07) is 0.678. The van der Waals surface area contributed by atoms with E-state index in [-0.39, 0.29) is 5.91 Å². The molecule has 1 amide bonds. The summed E-state index contributed by atoms with van der Waals surface area (Å²) < 4.78 is 1.85. The number of carbonyl (C=O) groups is 1. The molecule has 7 heteroatoms. The summed E-state index contributed by atoms with van der Waals surface area (Å²) >= 11 is 1.43. The predicted molar refractivity (Wildman–Crippen MR) is 79.2 cm³/mol. The molecule has 112 valence electrons. The van der Waals surface area contributed by atoms with Crippen LogP contribution in [0.2, 0.25) is 0 Å². The molecule has 2 heterocycles. The molecule has 1 fully saturated rings. The van der Waals surface area contributed by atoms with Crippen LogP contribution in [-0.2, 0) is 18.4 Å². The number of piperidine rings is 1. The molecule has 1 saturated heterocycles. The quantitative estimate of drug-likeness (QED) is 0.844. The van der Waals surface area contributed by atoms with Crippen LogP contribution in [-0.4, -0.2) is 43.4 Å². The number of rotatable bonds is 4. The summed E-state index contributed by atoms with van der Waals surface area (Å²) in [6.07, 6.45) is 3.41. The van der Waals surface area contributed by atoms with Gasteiger partial charge < -0.3 is 15.2 Å². The van der Waals surface area contributed by atoms with Crippen LogP contribution in [0.5, 0.6) is 0 Å². The molecule has 1 aliphatic heterocycles. The molecule has 2 unspecified atom stereocenters. The lowest BCUT2D eigenvalue weighted by atomic mass is 9.98. The van der Waals surface area contributed by atoms with E-state index in [1.165, 1.54) is 18.2 Å². The molecule has 20 heavy (non-hydrogen) atoms. The zero-order chi connectivity index (χ0) is 14.7. The van der Waals surface area contributed by atoms with Crippen molar-refractivity contribution in [2.75, 3.05) is 5.75 Å². The number of amides is 1. The van der Waals surface area contributed by atoms with Crippen molar-refractivity contribution in [3.8, 4) is 0 Å². The van der Waals surface area contributed by atoms with Gasteiger partial charge in [0.2, 0.25) is 5.91 Å². The van der Waals surface area contributed by atoms with E-state index in [4.69, 9.17) is 5.73 Å². The van der Waals surface area contributed by atoms with Crippen molar-refractivity contribution in [1.82, 2.24) is 19.7 Å². The molecule has 0 bridgehead atoms. The molecule has 0 aromatic carbocycles. The molecule has 1 aromatic rings. The Morgan fingerprint density at radius 3 is 2.55 bits per heavy atom. The van der Waals surface area contributed by atoms with E-state index in [2.05, 4.69) is 24.0 Å². The summed E-state index contributed by atoms with van der Waals surface area (Å²) in [5, 5.41) is 8.81. The van der Waals surface area contributed by atoms with Gasteiger partial charge in [0.25, 0.3) is 0 Å². The molecule has 0 aliphatic carbocycles. The van der Waals surface area contributed by atoms with E-state index in [9.17, 15) is 4.79 Å². The maximum Gasteiger partial charge on any atom is 0.233 e. The van der Waals surface area contributed by atoms with E-state index < -0.39 is 0 Å². The van der Waals surface area contributed by atoms with Gasteiger partial charge in [-0.15, -0.1) is 10.2 Å². The molecular formula is C13H23N5OS. The number of nitrogens with two attached hydrogens (primary N) is 1. The van der Waals surface area contributed by atoms with Crippen LogP contribution in [0.1, 0.15) is 38.9 Å². The summed E-state index contributed by atoms with van der Waals surface area (Å²) in [5.74, 6) is 1.33. The fourth-order valence-electron chi connectivity index (χ4n) is 2.76. The molecular weight excluding hydrogens is 274 g/mol. The fraction of sp³-hybridized carbons (Fsp3) is 0.769. The predicted octanol–water partition coefficient (Wildman–Crippen LogP) is 1.16. The zero-order valence-electron chi connectivity index (χ0n) is 12.4. The maximum atomic E-state index is 12.4. The van der Waals surface area contributed by atoms with Crippen LogP contribution in [0.25, 0.3) is 0 Å². The second kappa shape index (κ2) is 6.58. The fourth-order valence-corrected chi connectivity index (χ4v) is 3.56. The number of thioether (sulfide) groups is 1. The SMILES string of the molecule is CC1CCCC(C)N1C(=O)CSc1nnc(CN)n1C. The highest BCUT2D eigenvalue weighted by atomic mass is 32.2. The Labute approximate surface area is 124 Å². The molecule has 1 aromatic heterocycles. The normalized spacial score (nSPS) is 23.1. The molecule has 0 radical (unpaired) electrons. The summed E-state index contributed by atoms with van der Waals surface area (Å²) in [5.41, 5.74) is 5.57. The number of likely N-dealkylation sites (tertiary alicyclic amines) is 1. The Hall–Kier alpha value is -1.08. The topological polar surface area (TPSA) is 77.0 Å². The minimum atomic E-state index is 0.187. The number of carbonyl (C=O) groups excluding carboxylic acids is 1. The second-order valence-corrected chi connectivity index (χ2v) is 6.32. The minimum absolute atomic E-state index is 0.187. The average molecular weight is 297 g/mol. The molecule has 2 N–H and O–H groups in total.